The Kier molecular flexibility index (Phi) is 7.01. The fourth-order valence-electron chi connectivity index (χ4n) is 2.90. The summed E-state index contributed by atoms with van der Waals surface area (Å²) in [6, 6.07) is 9.47. The van der Waals surface area contributed by atoms with Gasteiger partial charge < -0.3 is 5.73 Å². The fourth-order valence-corrected chi connectivity index (χ4v) is 2.90. The molecule has 1 fully saturated rings. The number of likely N-dealkylation sites (tertiary alicyclic amines) is 1. The summed E-state index contributed by atoms with van der Waals surface area (Å²) in [4.78, 5) is 2.56. The topological polar surface area (TPSA) is 29.3 Å². The van der Waals surface area contributed by atoms with Crippen molar-refractivity contribution in [3.63, 3.8) is 0 Å². The molecule has 0 aromatic heterocycles. The molecular weight excluding hydrogens is 268 g/mol. The molecule has 1 aromatic carbocycles. The first-order chi connectivity index (χ1) is 9.06. The SMILES string of the molecule is CC(C)c1ccc(CN2CCC(C(C)N)CC2)cc1.Cl. The number of nitrogens with zero attached hydrogens (tertiary/aromatic N) is 1. The van der Waals surface area contributed by atoms with Crippen LogP contribution in [-0.2, 0) is 6.54 Å². The summed E-state index contributed by atoms with van der Waals surface area (Å²) in [5.74, 6) is 1.34. The van der Waals surface area contributed by atoms with Crippen molar-refractivity contribution < 1.29 is 0 Å². The monoisotopic (exact) mass is 296 g/mol. The zero-order valence-electron chi connectivity index (χ0n) is 13.0. The van der Waals surface area contributed by atoms with Crippen LogP contribution in [0.4, 0.5) is 0 Å². The Morgan fingerprint density at radius 3 is 2.10 bits per heavy atom. The minimum absolute atomic E-state index is 0. The average molecular weight is 297 g/mol. The lowest BCUT2D eigenvalue weighted by Gasteiger charge is -2.33. The van der Waals surface area contributed by atoms with Gasteiger partial charge >= 0.3 is 0 Å². The quantitative estimate of drug-likeness (QED) is 0.916. The molecule has 114 valence electrons. The van der Waals surface area contributed by atoms with Crippen LogP contribution in [0.5, 0.6) is 0 Å². The van der Waals surface area contributed by atoms with Crippen molar-refractivity contribution in [2.45, 2.75) is 52.1 Å². The summed E-state index contributed by atoms with van der Waals surface area (Å²) in [6.45, 7) is 10.1. The number of nitrogens with two attached hydrogens (primary N) is 1. The molecule has 0 saturated carbocycles. The van der Waals surface area contributed by atoms with E-state index >= 15 is 0 Å². The number of halogens is 1. The number of benzene rings is 1. The van der Waals surface area contributed by atoms with E-state index in [1.54, 1.807) is 0 Å². The molecule has 0 aliphatic carbocycles. The van der Waals surface area contributed by atoms with Crippen LogP contribution in [0.25, 0.3) is 0 Å². The molecule has 1 saturated heterocycles. The molecule has 1 aromatic rings. The molecule has 1 aliphatic rings. The van der Waals surface area contributed by atoms with Gasteiger partial charge in [-0.25, -0.2) is 0 Å². The number of hydrogen-bond donors (Lipinski definition) is 1. The smallest absolute Gasteiger partial charge is 0.0233 e. The van der Waals surface area contributed by atoms with Gasteiger partial charge in [0.2, 0.25) is 0 Å². The van der Waals surface area contributed by atoms with Crippen LogP contribution >= 0.6 is 12.4 Å². The van der Waals surface area contributed by atoms with Crippen molar-refractivity contribution in [1.82, 2.24) is 4.90 Å². The predicted octanol–water partition coefficient (Wildman–Crippen LogP) is 3.79. The van der Waals surface area contributed by atoms with E-state index in [4.69, 9.17) is 5.73 Å². The van der Waals surface area contributed by atoms with Crippen LogP contribution in [0.3, 0.4) is 0 Å². The maximum absolute atomic E-state index is 5.99. The van der Waals surface area contributed by atoms with Crippen molar-refractivity contribution in [2.24, 2.45) is 11.7 Å². The Labute approximate surface area is 130 Å². The summed E-state index contributed by atoms with van der Waals surface area (Å²) < 4.78 is 0. The van der Waals surface area contributed by atoms with Crippen LogP contribution in [-0.4, -0.2) is 24.0 Å². The van der Waals surface area contributed by atoms with Gasteiger partial charge in [-0.3, -0.25) is 4.90 Å². The summed E-state index contributed by atoms with van der Waals surface area (Å²) in [7, 11) is 0. The standard InChI is InChI=1S/C17H28N2.ClH/c1-13(2)16-6-4-15(5-7-16)12-19-10-8-17(9-11-19)14(3)18;/h4-7,13-14,17H,8-12,18H2,1-3H3;1H. The second-order valence-electron chi connectivity index (χ2n) is 6.37. The molecule has 2 nitrogen and oxygen atoms in total. The van der Waals surface area contributed by atoms with Gasteiger partial charge in [0.1, 0.15) is 0 Å². The average Bonchev–Trinajstić information content (AvgIpc) is 2.40. The molecule has 0 amide bonds. The second-order valence-corrected chi connectivity index (χ2v) is 6.37. The summed E-state index contributed by atoms with van der Waals surface area (Å²) >= 11 is 0. The third-order valence-electron chi connectivity index (χ3n) is 4.43. The molecule has 1 atom stereocenters. The van der Waals surface area contributed by atoms with Crippen LogP contribution < -0.4 is 5.73 Å². The normalized spacial score (nSPS) is 18.9. The van der Waals surface area contributed by atoms with Crippen molar-refractivity contribution in [2.75, 3.05) is 13.1 Å². The maximum Gasteiger partial charge on any atom is 0.0233 e. The lowest BCUT2D eigenvalue weighted by atomic mass is 9.91. The van der Waals surface area contributed by atoms with E-state index in [1.165, 1.54) is 37.1 Å². The first-order valence-corrected chi connectivity index (χ1v) is 7.63. The van der Waals surface area contributed by atoms with Gasteiger partial charge in [0, 0.05) is 12.6 Å². The highest BCUT2D eigenvalue weighted by Crippen LogP contribution is 2.21. The van der Waals surface area contributed by atoms with E-state index in [2.05, 4.69) is 49.9 Å². The first-order valence-electron chi connectivity index (χ1n) is 7.63. The third-order valence-corrected chi connectivity index (χ3v) is 4.43. The van der Waals surface area contributed by atoms with Crippen LogP contribution in [0.1, 0.15) is 50.7 Å². The van der Waals surface area contributed by atoms with E-state index in [9.17, 15) is 0 Å². The molecule has 0 bridgehead atoms. The van der Waals surface area contributed by atoms with Gasteiger partial charge in [0.25, 0.3) is 0 Å². The molecular formula is C17H29ClN2. The van der Waals surface area contributed by atoms with Crippen LogP contribution in [0.15, 0.2) is 24.3 Å². The summed E-state index contributed by atoms with van der Waals surface area (Å²) in [5, 5.41) is 0. The molecule has 1 heterocycles. The lowest BCUT2D eigenvalue weighted by Crippen LogP contribution is -2.39. The molecule has 1 aliphatic heterocycles. The second kappa shape index (κ2) is 8.02. The van der Waals surface area contributed by atoms with Gasteiger partial charge in [-0.15, -0.1) is 12.4 Å². The van der Waals surface area contributed by atoms with Crippen molar-refractivity contribution in [3.8, 4) is 0 Å². The number of piperidine rings is 1. The van der Waals surface area contributed by atoms with Gasteiger partial charge in [-0.2, -0.15) is 0 Å². The molecule has 2 N–H and O–H groups in total. The minimum atomic E-state index is 0. The zero-order chi connectivity index (χ0) is 13.8. The third kappa shape index (κ3) is 4.76. The summed E-state index contributed by atoms with van der Waals surface area (Å²) in [5.41, 5.74) is 8.86. The van der Waals surface area contributed by atoms with Crippen molar-refractivity contribution >= 4 is 12.4 Å². The Hall–Kier alpha value is -0.570. The Balaban J connectivity index is 0.00000200. The van der Waals surface area contributed by atoms with Crippen LogP contribution in [0.2, 0.25) is 0 Å². The maximum atomic E-state index is 5.99. The Morgan fingerprint density at radius 1 is 1.10 bits per heavy atom. The Morgan fingerprint density at radius 2 is 1.65 bits per heavy atom. The van der Waals surface area contributed by atoms with Gasteiger partial charge in [-0.05, 0) is 55.8 Å². The van der Waals surface area contributed by atoms with E-state index in [1.807, 2.05) is 0 Å². The number of rotatable bonds is 4. The molecule has 20 heavy (non-hydrogen) atoms. The molecule has 1 unspecified atom stereocenters. The van der Waals surface area contributed by atoms with E-state index in [-0.39, 0.29) is 12.4 Å². The van der Waals surface area contributed by atoms with E-state index < -0.39 is 0 Å². The molecule has 3 heteroatoms. The van der Waals surface area contributed by atoms with E-state index in [0.29, 0.717) is 12.0 Å². The molecule has 2 rings (SSSR count). The predicted molar refractivity (Wildman–Crippen MR) is 89.4 cm³/mol. The highest BCUT2D eigenvalue weighted by Gasteiger charge is 2.21. The fraction of sp³-hybridized carbons (Fsp3) is 0.647. The van der Waals surface area contributed by atoms with Gasteiger partial charge in [-0.1, -0.05) is 38.1 Å². The van der Waals surface area contributed by atoms with Gasteiger partial charge in [0.05, 0.1) is 0 Å². The summed E-state index contributed by atoms with van der Waals surface area (Å²) in [6.07, 6.45) is 2.50. The first kappa shape index (κ1) is 17.5. The highest BCUT2D eigenvalue weighted by atomic mass is 35.5. The lowest BCUT2D eigenvalue weighted by molar-refractivity contribution is 0.166. The molecule has 0 spiro atoms. The molecule has 0 radical (unpaired) electrons. The van der Waals surface area contributed by atoms with Gasteiger partial charge in [0.15, 0.2) is 0 Å². The van der Waals surface area contributed by atoms with Crippen molar-refractivity contribution in [3.05, 3.63) is 35.4 Å². The van der Waals surface area contributed by atoms with Crippen LogP contribution in [0, 0.1) is 5.92 Å². The van der Waals surface area contributed by atoms with E-state index in [0.717, 1.165) is 12.5 Å². The minimum Gasteiger partial charge on any atom is -0.328 e. The highest BCUT2D eigenvalue weighted by molar-refractivity contribution is 5.85. The number of hydrogen-bond acceptors (Lipinski definition) is 2. The van der Waals surface area contributed by atoms with Crippen molar-refractivity contribution in [1.29, 1.82) is 0 Å². The zero-order valence-corrected chi connectivity index (χ0v) is 13.8. The Bertz CT molecular complexity index is 378. The largest absolute Gasteiger partial charge is 0.328 e.